The van der Waals surface area contributed by atoms with Gasteiger partial charge >= 0.3 is 0 Å². The van der Waals surface area contributed by atoms with Gasteiger partial charge in [0.15, 0.2) is 0 Å². The summed E-state index contributed by atoms with van der Waals surface area (Å²) in [6.07, 6.45) is 2.69. The molecule has 0 amide bonds. The Morgan fingerprint density at radius 1 is 0.919 bits per heavy atom. The summed E-state index contributed by atoms with van der Waals surface area (Å²) in [7, 11) is 0. The number of benzene rings is 3. The second-order valence-electron chi connectivity index (χ2n) is 9.35. The predicted molar refractivity (Wildman–Crippen MR) is 152 cm³/mol. The first-order valence-electron chi connectivity index (χ1n) is 12.3. The van der Waals surface area contributed by atoms with Crippen molar-refractivity contribution in [2.75, 3.05) is 0 Å². The van der Waals surface area contributed by atoms with Crippen molar-refractivity contribution in [2.24, 2.45) is 4.99 Å². The number of para-hydroxylation sites is 2. The van der Waals surface area contributed by atoms with Crippen molar-refractivity contribution in [3.05, 3.63) is 127 Å². The molecule has 37 heavy (non-hydrogen) atoms. The zero-order valence-corrected chi connectivity index (χ0v) is 21.9. The summed E-state index contributed by atoms with van der Waals surface area (Å²) in [5, 5.41) is 0.570. The zero-order chi connectivity index (χ0) is 25.5. The molecule has 0 N–H and O–H groups in total. The maximum absolute atomic E-state index is 13.9. The minimum Gasteiger partial charge on any atom is -0.312 e. The van der Waals surface area contributed by atoms with E-state index in [1.54, 1.807) is 15.3 Å². The van der Waals surface area contributed by atoms with E-state index < -0.39 is 0 Å². The van der Waals surface area contributed by atoms with Gasteiger partial charge in [0.25, 0.3) is 11.1 Å². The van der Waals surface area contributed by atoms with Crippen LogP contribution in [-0.2, 0) is 13.1 Å². The molecule has 0 unspecified atom stereocenters. The number of pyridine rings is 1. The molecule has 7 heteroatoms. The molecule has 6 nitrogen and oxygen atoms in total. The molecule has 0 bridgehead atoms. The highest BCUT2D eigenvalue weighted by Gasteiger charge is 2.22. The normalized spacial score (nSPS) is 14.4. The molecule has 0 saturated carbocycles. The van der Waals surface area contributed by atoms with Gasteiger partial charge < -0.3 is 4.57 Å². The van der Waals surface area contributed by atoms with Crippen molar-refractivity contribution in [2.45, 2.75) is 32.4 Å². The fourth-order valence-corrected chi connectivity index (χ4v) is 5.50. The number of hydrogen-bond acceptors (Lipinski definition) is 3. The Morgan fingerprint density at radius 3 is 2.43 bits per heavy atom. The van der Waals surface area contributed by atoms with Gasteiger partial charge in [-0.15, -0.1) is 0 Å². The third-order valence-electron chi connectivity index (χ3n) is 7.11. The highest BCUT2D eigenvalue weighted by Crippen LogP contribution is 2.34. The molecule has 0 fully saturated rings. The Labute approximate surface area is 222 Å². The molecule has 0 radical (unpaired) electrons. The molecule has 184 valence electrons. The van der Waals surface area contributed by atoms with Gasteiger partial charge in [-0.25, -0.2) is 4.68 Å². The smallest absolute Gasteiger partial charge is 0.281 e. The van der Waals surface area contributed by atoms with E-state index in [1.165, 1.54) is 5.56 Å². The van der Waals surface area contributed by atoms with Crippen LogP contribution in [0.2, 0.25) is 0 Å². The molecule has 3 heterocycles. The van der Waals surface area contributed by atoms with E-state index in [2.05, 4.69) is 27.0 Å². The molecule has 0 spiro atoms. The van der Waals surface area contributed by atoms with Gasteiger partial charge in [-0.1, -0.05) is 64.5 Å². The second kappa shape index (κ2) is 9.48. The van der Waals surface area contributed by atoms with Gasteiger partial charge in [0, 0.05) is 34.9 Å². The Kier molecular flexibility index (Phi) is 6.00. The molecule has 1 aliphatic heterocycles. The van der Waals surface area contributed by atoms with E-state index in [1.807, 2.05) is 90.6 Å². The summed E-state index contributed by atoms with van der Waals surface area (Å²) in [6.45, 7) is 2.84. The van der Waals surface area contributed by atoms with Crippen molar-refractivity contribution in [1.29, 1.82) is 0 Å². The van der Waals surface area contributed by atoms with E-state index in [9.17, 15) is 9.59 Å². The van der Waals surface area contributed by atoms with E-state index in [0.717, 1.165) is 27.8 Å². The molecule has 6 rings (SSSR count). The standard InChI is InChI=1S/C30H25BrN4O2/c1-20-29-27(17-28(36)33(20)16-15-22-18-32-26-10-6-5-9-25(22)26)34(19-21-11-13-23(31)14-12-21)35(30(29)37)24-7-3-2-4-8-24/h2-14,17-18,22H,15-16,19H2,1H3/t22-/m0/s1. The minimum absolute atomic E-state index is 0.108. The van der Waals surface area contributed by atoms with Gasteiger partial charge in [-0.3, -0.25) is 19.3 Å². The Hall–Kier alpha value is -3.97. The van der Waals surface area contributed by atoms with Crippen LogP contribution < -0.4 is 11.1 Å². The Bertz CT molecular complexity index is 1760. The maximum atomic E-state index is 13.9. The quantitative estimate of drug-likeness (QED) is 0.261. The zero-order valence-electron chi connectivity index (χ0n) is 20.3. The molecule has 1 aliphatic rings. The maximum Gasteiger partial charge on any atom is 0.281 e. The van der Waals surface area contributed by atoms with Crippen LogP contribution in [0.1, 0.15) is 29.2 Å². The number of aliphatic imine (C=N–C) groups is 1. The van der Waals surface area contributed by atoms with E-state index >= 15 is 0 Å². The number of halogens is 1. The van der Waals surface area contributed by atoms with Gasteiger partial charge in [0.05, 0.1) is 28.8 Å². The van der Waals surface area contributed by atoms with Gasteiger partial charge in [-0.2, -0.15) is 0 Å². The van der Waals surface area contributed by atoms with Crippen molar-refractivity contribution in [3.63, 3.8) is 0 Å². The summed E-state index contributed by atoms with van der Waals surface area (Å²) in [6, 6.07) is 27.3. The van der Waals surface area contributed by atoms with Crippen LogP contribution in [0.25, 0.3) is 16.6 Å². The lowest BCUT2D eigenvalue weighted by Gasteiger charge is -2.15. The lowest BCUT2D eigenvalue weighted by molar-refractivity contribution is 0.597. The monoisotopic (exact) mass is 552 g/mol. The average molecular weight is 553 g/mol. The Balaban J connectivity index is 1.46. The van der Waals surface area contributed by atoms with Gasteiger partial charge in [-0.05, 0) is 54.8 Å². The highest BCUT2D eigenvalue weighted by molar-refractivity contribution is 9.10. The van der Waals surface area contributed by atoms with Crippen LogP contribution in [-0.4, -0.2) is 20.1 Å². The summed E-state index contributed by atoms with van der Waals surface area (Å²) in [4.78, 5) is 31.8. The van der Waals surface area contributed by atoms with Crippen molar-refractivity contribution < 1.29 is 0 Å². The third-order valence-corrected chi connectivity index (χ3v) is 7.64. The molecule has 3 aromatic carbocycles. The van der Waals surface area contributed by atoms with Crippen LogP contribution in [0.4, 0.5) is 5.69 Å². The van der Waals surface area contributed by atoms with E-state index in [-0.39, 0.29) is 17.0 Å². The molecule has 2 aromatic heterocycles. The average Bonchev–Trinajstić information content (AvgIpc) is 3.44. The first-order chi connectivity index (χ1) is 18.0. The fourth-order valence-electron chi connectivity index (χ4n) is 5.23. The largest absolute Gasteiger partial charge is 0.312 e. The number of aryl methyl sites for hydroxylation is 1. The number of nitrogens with zero attached hydrogens (tertiary/aromatic N) is 4. The lowest BCUT2D eigenvalue weighted by atomic mass is 9.98. The van der Waals surface area contributed by atoms with Crippen molar-refractivity contribution in [3.8, 4) is 5.69 Å². The van der Waals surface area contributed by atoms with Crippen LogP contribution in [0.15, 0.2) is 104 Å². The van der Waals surface area contributed by atoms with Crippen LogP contribution in [0, 0.1) is 6.92 Å². The molecule has 5 aromatic rings. The number of aromatic nitrogens is 3. The topological polar surface area (TPSA) is 61.3 Å². The van der Waals surface area contributed by atoms with Crippen molar-refractivity contribution in [1.82, 2.24) is 13.9 Å². The number of hydrogen-bond donors (Lipinski definition) is 0. The summed E-state index contributed by atoms with van der Waals surface area (Å²) in [5.41, 5.74) is 5.06. The second-order valence-corrected chi connectivity index (χ2v) is 10.3. The number of rotatable bonds is 6. The summed E-state index contributed by atoms with van der Waals surface area (Å²) >= 11 is 3.49. The summed E-state index contributed by atoms with van der Waals surface area (Å²) in [5.74, 6) is 0.154. The molecule has 0 saturated heterocycles. The van der Waals surface area contributed by atoms with Crippen molar-refractivity contribution >= 4 is 38.7 Å². The molecule has 0 aliphatic carbocycles. The molecule has 1 atom stereocenters. The third kappa shape index (κ3) is 4.19. The van der Waals surface area contributed by atoms with Crippen LogP contribution in [0.5, 0.6) is 0 Å². The van der Waals surface area contributed by atoms with Crippen LogP contribution >= 0.6 is 15.9 Å². The van der Waals surface area contributed by atoms with E-state index in [4.69, 9.17) is 0 Å². The lowest BCUT2D eigenvalue weighted by Crippen LogP contribution is -2.24. The predicted octanol–water partition coefficient (Wildman–Crippen LogP) is 5.96. The highest BCUT2D eigenvalue weighted by atomic mass is 79.9. The fraction of sp³-hybridized carbons (Fsp3) is 0.167. The minimum atomic E-state index is -0.127. The SMILES string of the molecule is Cc1c2c(=O)n(-c3ccccc3)n(Cc3ccc(Br)cc3)c2cc(=O)n1CC[C@H]1C=Nc2ccccc21. The molecular weight excluding hydrogens is 528 g/mol. The van der Waals surface area contributed by atoms with E-state index in [0.29, 0.717) is 29.7 Å². The first-order valence-corrected chi connectivity index (χ1v) is 13.1. The summed E-state index contributed by atoms with van der Waals surface area (Å²) < 4.78 is 6.32. The molecular formula is C30H25BrN4O2. The Morgan fingerprint density at radius 2 is 1.65 bits per heavy atom. The van der Waals surface area contributed by atoms with Gasteiger partial charge in [0.1, 0.15) is 0 Å². The van der Waals surface area contributed by atoms with Crippen LogP contribution in [0.3, 0.4) is 0 Å². The van der Waals surface area contributed by atoms with Gasteiger partial charge in [0.2, 0.25) is 0 Å². The first kappa shape index (κ1) is 23.4. The number of fused-ring (bicyclic) bond motifs is 2.